The number of hydrogen-bond donors (Lipinski definition) is 1. The number of hydrogen-bond acceptors (Lipinski definition) is 5. The highest BCUT2D eigenvalue weighted by Gasteiger charge is 2.33. The Morgan fingerprint density at radius 2 is 2.05 bits per heavy atom. The second kappa shape index (κ2) is 4.54. The van der Waals surface area contributed by atoms with Gasteiger partial charge in [-0.2, -0.15) is 4.31 Å². The van der Waals surface area contributed by atoms with E-state index < -0.39 is 10.0 Å². The fourth-order valence-corrected chi connectivity index (χ4v) is 4.95. The van der Waals surface area contributed by atoms with Crippen LogP contribution in [0.25, 0.3) is 0 Å². The summed E-state index contributed by atoms with van der Waals surface area (Å²) >= 11 is 1.36. The summed E-state index contributed by atoms with van der Waals surface area (Å²) in [5.74, 6) is 0. The van der Waals surface area contributed by atoms with Gasteiger partial charge >= 0.3 is 0 Å². The summed E-state index contributed by atoms with van der Waals surface area (Å²) in [5, 5.41) is 0.499. The van der Waals surface area contributed by atoms with Crippen LogP contribution in [0, 0.1) is 13.8 Å². The number of anilines is 1. The van der Waals surface area contributed by atoms with Gasteiger partial charge in [0.25, 0.3) is 0 Å². The second-order valence-corrected chi connectivity index (χ2v) is 7.99. The van der Waals surface area contributed by atoms with Gasteiger partial charge in [0.2, 0.25) is 10.0 Å². The number of sulfonamides is 1. The first-order chi connectivity index (χ1) is 9.38. The van der Waals surface area contributed by atoms with Gasteiger partial charge < -0.3 is 5.73 Å². The van der Waals surface area contributed by atoms with Crippen molar-refractivity contribution < 1.29 is 8.42 Å². The molecule has 1 aliphatic heterocycles. The number of nitrogens with two attached hydrogens (primary N) is 1. The van der Waals surface area contributed by atoms with Crippen LogP contribution in [0.15, 0.2) is 23.1 Å². The van der Waals surface area contributed by atoms with Crippen molar-refractivity contribution in [2.75, 3.05) is 5.73 Å². The Hall–Kier alpha value is -1.44. The van der Waals surface area contributed by atoms with Gasteiger partial charge in [0.15, 0.2) is 5.13 Å². The van der Waals surface area contributed by atoms with Gasteiger partial charge in [-0.15, -0.1) is 11.3 Å². The third kappa shape index (κ3) is 2.11. The Morgan fingerprint density at radius 3 is 2.75 bits per heavy atom. The minimum atomic E-state index is -3.48. The molecule has 0 saturated carbocycles. The predicted molar refractivity (Wildman–Crippen MR) is 78.9 cm³/mol. The molecule has 0 radical (unpaired) electrons. The number of benzene rings is 1. The molecule has 0 saturated heterocycles. The Bertz CT molecular complexity index is 757. The lowest BCUT2D eigenvalue weighted by molar-refractivity contribution is 0.430. The molecule has 7 heteroatoms. The van der Waals surface area contributed by atoms with Crippen molar-refractivity contribution in [1.29, 1.82) is 0 Å². The molecule has 0 aliphatic carbocycles. The van der Waals surface area contributed by atoms with E-state index in [0.717, 1.165) is 21.7 Å². The van der Waals surface area contributed by atoms with E-state index in [2.05, 4.69) is 4.98 Å². The lowest BCUT2D eigenvalue weighted by Gasteiger charge is -2.17. The molecule has 1 aromatic heterocycles. The number of nitrogens with zero attached hydrogens (tertiary/aromatic N) is 2. The molecule has 0 spiro atoms. The highest BCUT2D eigenvalue weighted by Crippen LogP contribution is 2.33. The molecule has 2 N–H and O–H groups in total. The fourth-order valence-electron chi connectivity index (χ4n) is 2.33. The van der Waals surface area contributed by atoms with Crippen LogP contribution in [0.2, 0.25) is 0 Å². The average Bonchev–Trinajstić information content (AvgIpc) is 2.89. The molecule has 1 aromatic carbocycles. The molecule has 1 aliphatic rings. The average molecular weight is 309 g/mol. The Labute approximate surface area is 122 Å². The first kappa shape index (κ1) is 13.5. The van der Waals surface area contributed by atoms with Crippen molar-refractivity contribution in [1.82, 2.24) is 9.29 Å². The standard InChI is InChI=1S/C13H15N3O2S2/c1-8-3-4-9(2)12(5-8)20(17,18)16-6-10-11(7-16)19-13(14)15-10/h3-5H,6-7H2,1-2H3,(H2,14,15). The molecule has 0 amide bonds. The summed E-state index contributed by atoms with van der Waals surface area (Å²) in [6.07, 6.45) is 0. The summed E-state index contributed by atoms with van der Waals surface area (Å²) in [5.41, 5.74) is 8.11. The van der Waals surface area contributed by atoms with Crippen molar-refractivity contribution in [3.8, 4) is 0 Å². The molecule has 3 rings (SSSR count). The van der Waals surface area contributed by atoms with Crippen LogP contribution in [0.4, 0.5) is 5.13 Å². The SMILES string of the molecule is Cc1ccc(C)c(S(=O)(=O)N2Cc3nc(N)sc3C2)c1. The number of nitrogen functional groups attached to an aromatic ring is 1. The van der Waals surface area contributed by atoms with E-state index in [0.29, 0.717) is 23.1 Å². The maximum Gasteiger partial charge on any atom is 0.244 e. The molecule has 106 valence electrons. The second-order valence-electron chi connectivity index (χ2n) is 4.96. The summed E-state index contributed by atoms with van der Waals surface area (Å²) in [7, 11) is -3.48. The normalized spacial score (nSPS) is 15.5. The molecular formula is C13H15N3O2S2. The van der Waals surface area contributed by atoms with Gasteiger partial charge in [0.1, 0.15) is 0 Å². The Balaban J connectivity index is 1.98. The van der Waals surface area contributed by atoms with Gasteiger partial charge in [0.05, 0.1) is 23.7 Å². The van der Waals surface area contributed by atoms with Crippen LogP contribution >= 0.6 is 11.3 Å². The summed E-state index contributed by atoms with van der Waals surface area (Å²) in [6, 6.07) is 5.47. The van der Waals surface area contributed by atoms with Gasteiger partial charge in [-0.05, 0) is 31.0 Å². The largest absolute Gasteiger partial charge is 0.375 e. The fraction of sp³-hybridized carbons (Fsp3) is 0.308. The number of thiazole rings is 1. The van der Waals surface area contributed by atoms with Crippen LogP contribution in [-0.4, -0.2) is 17.7 Å². The highest BCUT2D eigenvalue weighted by atomic mass is 32.2. The molecular weight excluding hydrogens is 294 g/mol. The summed E-state index contributed by atoms with van der Waals surface area (Å²) < 4.78 is 26.9. The van der Waals surface area contributed by atoms with Crippen molar-refractivity contribution in [3.05, 3.63) is 39.9 Å². The van der Waals surface area contributed by atoms with Gasteiger partial charge in [-0.25, -0.2) is 13.4 Å². The van der Waals surface area contributed by atoms with Crippen LogP contribution in [0.3, 0.4) is 0 Å². The molecule has 2 aromatic rings. The van der Waals surface area contributed by atoms with E-state index in [-0.39, 0.29) is 0 Å². The monoisotopic (exact) mass is 309 g/mol. The maximum absolute atomic E-state index is 12.7. The number of aromatic nitrogens is 1. The smallest absolute Gasteiger partial charge is 0.244 e. The zero-order valence-electron chi connectivity index (χ0n) is 11.3. The molecule has 5 nitrogen and oxygen atoms in total. The van der Waals surface area contributed by atoms with E-state index in [1.807, 2.05) is 26.0 Å². The third-order valence-corrected chi connectivity index (χ3v) is 6.25. The van der Waals surface area contributed by atoms with Crippen molar-refractivity contribution in [2.24, 2.45) is 0 Å². The first-order valence-corrected chi connectivity index (χ1v) is 8.45. The lowest BCUT2D eigenvalue weighted by Crippen LogP contribution is -2.26. The topological polar surface area (TPSA) is 76.3 Å². The van der Waals surface area contributed by atoms with E-state index in [1.54, 1.807) is 6.07 Å². The zero-order chi connectivity index (χ0) is 14.5. The third-order valence-electron chi connectivity index (χ3n) is 3.40. The number of rotatable bonds is 2. The van der Waals surface area contributed by atoms with E-state index in [9.17, 15) is 8.42 Å². The minimum Gasteiger partial charge on any atom is -0.375 e. The van der Waals surface area contributed by atoms with Gasteiger partial charge in [-0.1, -0.05) is 12.1 Å². The predicted octanol–water partition coefficient (Wildman–Crippen LogP) is 2.05. The van der Waals surface area contributed by atoms with Gasteiger partial charge in [-0.3, -0.25) is 0 Å². The molecule has 0 bridgehead atoms. The van der Waals surface area contributed by atoms with Gasteiger partial charge in [0, 0.05) is 4.88 Å². The van der Waals surface area contributed by atoms with E-state index >= 15 is 0 Å². The molecule has 2 heterocycles. The summed E-state index contributed by atoms with van der Waals surface area (Å²) in [6.45, 7) is 4.37. The quantitative estimate of drug-likeness (QED) is 0.921. The van der Waals surface area contributed by atoms with E-state index in [1.165, 1.54) is 15.6 Å². The minimum absolute atomic E-state index is 0.304. The van der Waals surface area contributed by atoms with Crippen molar-refractivity contribution >= 4 is 26.5 Å². The summed E-state index contributed by atoms with van der Waals surface area (Å²) in [4.78, 5) is 5.50. The van der Waals surface area contributed by atoms with E-state index in [4.69, 9.17) is 5.73 Å². The van der Waals surface area contributed by atoms with Crippen LogP contribution in [0.1, 0.15) is 21.7 Å². The Kier molecular flexibility index (Phi) is 3.07. The highest BCUT2D eigenvalue weighted by molar-refractivity contribution is 7.89. The van der Waals surface area contributed by atoms with Crippen LogP contribution in [0.5, 0.6) is 0 Å². The zero-order valence-corrected chi connectivity index (χ0v) is 12.9. The first-order valence-electron chi connectivity index (χ1n) is 6.19. The molecule has 0 unspecified atom stereocenters. The maximum atomic E-state index is 12.7. The molecule has 20 heavy (non-hydrogen) atoms. The van der Waals surface area contributed by atoms with Crippen molar-refractivity contribution in [2.45, 2.75) is 31.8 Å². The van der Waals surface area contributed by atoms with Crippen LogP contribution < -0.4 is 5.73 Å². The number of fused-ring (bicyclic) bond motifs is 1. The molecule has 0 fully saturated rings. The molecule has 0 atom stereocenters. The Morgan fingerprint density at radius 1 is 1.30 bits per heavy atom. The van der Waals surface area contributed by atoms with Crippen molar-refractivity contribution in [3.63, 3.8) is 0 Å². The lowest BCUT2D eigenvalue weighted by atomic mass is 10.2. The number of aryl methyl sites for hydroxylation is 2. The van der Waals surface area contributed by atoms with Crippen LogP contribution in [-0.2, 0) is 23.1 Å².